The van der Waals surface area contributed by atoms with Gasteiger partial charge in [0.15, 0.2) is 5.70 Å². The zero-order valence-corrected chi connectivity index (χ0v) is 14.8. The summed E-state index contributed by atoms with van der Waals surface area (Å²) in [6, 6.07) is 17.9. The van der Waals surface area contributed by atoms with Crippen LogP contribution < -0.4 is 0 Å². The first-order chi connectivity index (χ1) is 12.6. The Balaban J connectivity index is 1.66. The molecule has 0 spiro atoms. The first-order valence-corrected chi connectivity index (χ1v) is 8.49. The van der Waals surface area contributed by atoms with Crippen LogP contribution in [0.4, 0.5) is 0 Å². The van der Waals surface area contributed by atoms with Gasteiger partial charge < -0.3 is 9.15 Å². The van der Waals surface area contributed by atoms with Crippen molar-refractivity contribution in [2.75, 3.05) is 0 Å². The predicted octanol–water partition coefficient (Wildman–Crippen LogP) is 5.60. The van der Waals surface area contributed by atoms with E-state index in [0.717, 1.165) is 5.56 Å². The first-order valence-electron chi connectivity index (χ1n) is 7.74. The van der Waals surface area contributed by atoms with E-state index in [1.165, 1.54) is 6.08 Å². The van der Waals surface area contributed by atoms with Crippen molar-refractivity contribution in [3.05, 3.63) is 87.7 Å². The Morgan fingerprint density at radius 2 is 1.50 bits per heavy atom. The average molecular weight is 384 g/mol. The van der Waals surface area contributed by atoms with Crippen LogP contribution in [0.1, 0.15) is 11.3 Å². The van der Waals surface area contributed by atoms with E-state index in [1.54, 1.807) is 42.5 Å². The second kappa shape index (κ2) is 6.83. The van der Waals surface area contributed by atoms with Crippen molar-refractivity contribution in [1.82, 2.24) is 0 Å². The largest absolute Gasteiger partial charge is 0.457 e. The molecule has 3 aromatic rings. The van der Waals surface area contributed by atoms with E-state index in [9.17, 15) is 4.79 Å². The highest BCUT2D eigenvalue weighted by Gasteiger charge is 2.25. The molecule has 26 heavy (non-hydrogen) atoms. The van der Waals surface area contributed by atoms with E-state index in [0.29, 0.717) is 27.1 Å². The summed E-state index contributed by atoms with van der Waals surface area (Å²) >= 11 is 12.3. The number of carbonyl (C=O) groups excluding carboxylic acids is 1. The Kier molecular flexibility index (Phi) is 4.37. The quantitative estimate of drug-likeness (QED) is 0.436. The number of halogens is 2. The number of nitrogens with zero attached hydrogens (tertiary/aromatic N) is 1. The van der Waals surface area contributed by atoms with Gasteiger partial charge in [-0.1, -0.05) is 47.5 Å². The number of hydrogen-bond donors (Lipinski definition) is 0. The summed E-state index contributed by atoms with van der Waals surface area (Å²) in [6.07, 6.45) is 1.52. The smallest absolute Gasteiger partial charge is 0.363 e. The minimum atomic E-state index is -0.560. The van der Waals surface area contributed by atoms with Crippen molar-refractivity contribution in [2.24, 2.45) is 4.99 Å². The zero-order valence-electron chi connectivity index (χ0n) is 13.3. The zero-order chi connectivity index (χ0) is 18.1. The van der Waals surface area contributed by atoms with Gasteiger partial charge in [0.2, 0.25) is 5.90 Å². The average Bonchev–Trinajstić information content (AvgIpc) is 3.23. The number of rotatable bonds is 3. The Bertz CT molecular complexity index is 1070. The van der Waals surface area contributed by atoms with Crippen LogP contribution in [-0.4, -0.2) is 11.9 Å². The van der Waals surface area contributed by atoms with Crippen molar-refractivity contribution >= 4 is 41.1 Å². The molecule has 0 fully saturated rings. The standard InChI is InChI=1S/C20H11Cl2NO3/c21-15-7-3-1-5-13(15)18-10-9-12(25-18)11-17-20(24)26-19(23-17)14-6-2-4-8-16(14)22/h1-11H/b17-11-. The molecule has 0 atom stereocenters. The molecule has 1 aliphatic heterocycles. The lowest BCUT2D eigenvalue weighted by Gasteiger charge is -2.00. The maximum Gasteiger partial charge on any atom is 0.363 e. The van der Waals surface area contributed by atoms with Crippen LogP contribution in [0.15, 0.2) is 75.8 Å². The van der Waals surface area contributed by atoms with Crippen LogP contribution in [0, 0.1) is 0 Å². The van der Waals surface area contributed by atoms with E-state index < -0.39 is 5.97 Å². The van der Waals surface area contributed by atoms with Crippen LogP contribution in [0.5, 0.6) is 0 Å². The molecule has 0 saturated heterocycles. The van der Waals surface area contributed by atoms with E-state index >= 15 is 0 Å². The summed E-state index contributed by atoms with van der Waals surface area (Å²) in [4.78, 5) is 16.3. The molecule has 0 N–H and O–H groups in total. The minimum Gasteiger partial charge on any atom is -0.457 e. The van der Waals surface area contributed by atoms with Crippen molar-refractivity contribution in [2.45, 2.75) is 0 Å². The van der Waals surface area contributed by atoms with Crippen LogP contribution in [0.3, 0.4) is 0 Å². The normalized spacial score (nSPS) is 15.2. The van der Waals surface area contributed by atoms with Gasteiger partial charge in [0, 0.05) is 11.6 Å². The van der Waals surface area contributed by atoms with Gasteiger partial charge in [0.25, 0.3) is 0 Å². The van der Waals surface area contributed by atoms with Gasteiger partial charge in [-0.05, 0) is 36.4 Å². The number of hydrogen-bond acceptors (Lipinski definition) is 4. The SMILES string of the molecule is O=C1OC(c2ccccc2Cl)=N/C1=C\c1ccc(-c2ccccc2Cl)o1. The molecule has 2 aromatic carbocycles. The second-order valence-electron chi connectivity index (χ2n) is 5.50. The molecule has 4 nitrogen and oxygen atoms in total. The number of aliphatic imine (C=N–C) groups is 1. The molecular formula is C20H11Cl2NO3. The molecule has 0 bridgehead atoms. The second-order valence-corrected chi connectivity index (χ2v) is 6.31. The molecule has 0 aliphatic carbocycles. The van der Waals surface area contributed by atoms with Crippen LogP contribution in [0.25, 0.3) is 17.4 Å². The molecule has 6 heteroatoms. The maximum absolute atomic E-state index is 12.1. The monoisotopic (exact) mass is 383 g/mol. The Hall–Kier alpha value is -2.82. The number of ether oxygens (including phenoxy) is 1. The highest BCUT2D eigenvalue weighted by Crippen LogP contribution is 2.30. The molecule has 0 saturated carbocycles. The fourth-order valence-corrected chi connectivity index (χ4v) is 2.98. The molecular weight excluding hydrogens is 373 g/mol. The lowest BCUT2D eigenvalue weighted by Crippen LogP contribution is -2.05. The van der Waals surface area contributed by atoms with E-state index in [4.69, 9.17) is 32.4 Å². The fraction of sp³-hybridized carbons (Fsp3) is 0. The van der Waals surface area contributed by atoms with Gasteiger partial charge >= 0.3 is 5.97 Å². The van der Waals surface area contributed by atoms with E-state index in [1.807, 2.05) is 18.2 Å². The minimum absolute atomic E-state index is 0.139. The maximum atomic E-state index is 12.1. The summed E-state index contributed by atoms with van der Waals surface area (Å²) in [6.45, 7) is 0. The molecule has 0 amide bonds. The molecule has 128 valence electrons. The van der Waals surface area contributed by atoms with Crippen molar-refractivity contribution in [3.63, 3.8) is 0 Å². The Morgan fingerprint density at radius 3 is 2.19 bits per heavy atom. The summed E-state index contributed by atoms with van der Waals surface area (Å²) in [5, 5.41) is 1.04. The predicted molar refractivity (Wildman–Crippen MR) is 101 cm³/mol. The van der Waals surface area contributed by atoms with Gasteiger partial charge in [0.05, 0.1) is 15.6 Å². The third-order valence-electron chi connectivity index (χ3n) is 3.77. The lowest BCUT2D eigenvalue weighted by molar-refractivity contribution is -0.129. The summed E-state index contributed by atoms with van der Waals surface area (Å²) < 4.78 is 11.0. The van der Waals surface area contributed by atoms with Gasteiger partial charge in [-0.2, -0.15) is 0 Å². The third kappa shape index (κ3) is 3.17. The fourth-order valence-electron chi connectivity index (χ4n) is 2.53. The van der Waals surface area contributed by atoms with Crippen molar-refractivity contribution in [1.29, 1.82) is 0 Å². The highest BCUT2D eigenvalue weighted by molar-refractivity contribution is 6.34. The number of esters is 1. The molecule has 4 rings (SSSR count). The number of benzene rings is 2. The molecule has 0 radical (unpaired) electrons. The van der Waals surface area contributed by atoms with Gasteiger partial charge in [-0.15, -0.1) is 0 Å². The van der Waals surface area contributed by atoms with Gasteiger partial charge in [-0.3, -0.25) is 0 Å². The molecule has 2 heterocycles. The number of carbonyl (C=O) groups is 1. The summed E-state index contributed by atoms with van der Waals surface area (Å²) in [5.74, 6) is 0.681. The first kappa shape index (κ1) is 16.6. The topological polar surface area (TPSA) is 51.8 Å². The van der Waals surface area contributed by atoms with Crippen molar-refractivity contribution < 1.29 is 13.9 Å². The van der Waals surface area contributed by atoms with Crippen LogP contribution in [-0.2, 0) is 9.53 Å². The van der Waals surface area contributed by atoms with Crippen LogP contribution >= 0.6 is 23.2 Å². The van der Waals surface area contributed by atoms with Crippen molar-refractivity contribution in [3.8, 4) is 11.3 Å². The Morgan fingerprint density at radius 1 is 0.846 bits per heavy atom. The van der Waals surface area contributed by atoms with E-state index in [-0.39, 0.29) is 11.6 Å². The van der Waals surface area contributed by atoms with E-state index in [2.05, 4.69) is 4.99 Å². The third-order valence-corrected chi connectivity index (χ3v) is 4.43. The highest BCUT2D eigenvalue weighted by atomic mass is 35.5. The molecule has 1 aliphatic rings. The molecule has 0 unspecified atom stereocenters. The number of cyclic esters (lactones) is 1. The Labute approximate surface area is 159 Å². The molecule has 1 aromatic heterocycles. The summed E-state index contributed by atoms with van der Waals surface area (Å²) in [7, 11) is 0. The lowest BCUT2D eigenvalue weighted by atomic mass is 10.2. The van der Waals surface area contributed by atoms with Gasteiger partial charge in [-0.25, -0.2) is 9.79 Å². The van der Waals surface area contributed by atoms with Crippen LogP contribution in [0.2, 0.25) is 10.0 Å². The number of furan rings is 1. The summed E-state index contributed by atoms with van der Waals surface area (Å²) in [5.41, 5.74) is 1.47. The van der Waals surface area contributed by atoms with Gasteiger partial charge in [0.1, 0.15) is 11.5 Å².